The summed E-state index contributed by atoms with van der Waals surface area (Å²) in [5.74, 6) is -0.274. The molecule has 42 heavy (non-hydrogen) atoms. The molecule has 3 aromatic rings. The van der Waals surface area contributed by atoms with Gasteiger partial charge < -0.3 is 4.18 Å². The van der Waals surface area contributed by atoms with Gasteiger partial charge in [0.15, 0.2) is 0 Å². The summed E-state index contributed by atoms with van der Waals surface area (Å²) in [5.41, 5.74) is -0.599. The summed E-state index contributed by atoms with van der Waals surface area (Å²) in [6, 6.07) is 18.0. The minimum atomic E-state index is -4.40. The van der Waals surface area contributed by atoms with Crippen LogP contribution in [0.5, 0.6) is 0 Å². The van der Waals surface area contributed by atoms with Gasteiger partial charge in [-0.05, 0) is 90.9 Å². The Labute approximate surface area is 249 Å². The van der Waals surface area contributed by atoms with Crippen molar-refractivity contribution in [1.29, 1.82) is 0 Å². The molecular weight excluding hydrogens is 601 g/mol. The number of benzene rings is 3. The van der Waals surface area contributed by atoms with Gasteiger partial charge >= 0.3 is 10.1 Å². The lowest BCUT2D eigenvalue weighted by molar-refractivity contribution is 0.104. The van der Waals surface area contributed by atoms with Gasteiger partial charge in [-0.1, -0.05) is 53.1 Å². The molecule has 12 heteroatoms. The lowest BCUT2D eigenvalue weighted by Crippen LogP contribution is -2.31. The maximum Gasteiger partial charge on any atom is 0.338 e. The van der Waals surface area contributed by atoms with Crippen molar-refractivity contribution in [2.24, 2.45) is 0 Å². The molecule has 0 fully saturated rings. The first-order chi connectivity index (χ1) is 19.2. The fourth-order valence-corrected chi connectivity index (χ4v) is 7.30. The Morgan fingerprint density at radius 1 is 0.571 bits per heavy atom. The van der Waals surface area contributed by atoms with Crippen LogP contribution in [-0.2, 0) is 42.9 Å². The second-order valence-electron chi connectivity index (χ2n) is 11.2. The maximum absolute atomic E-state index is 13.2. The Balaban J connectivity index is 1.99. The van der Waals surface area contributed by atoms with Gasteiger partial charge in [0.05, 0.1) is 15.4 Å². The number of hydrogen-bond donors (Lipinski definition) is 0. The molecule has 0 aliphatic heterocycles. The summed E-state index contributed by atoms with van der Waals surface area (Å²) in [5, 5.41) is 0. The van der Waals surface area contributed by atoms with E-state index in [0.29, 0.717) is 0 Å². The predicted molar refractivity (Wildman–Crippen MR) is 159 cm³/mol. The van der Waals surface area contributed by atoms with Gasteiger partial charge in [0.2, 0.25) is 0 Å². The van der Waals surface area contributed by atoms with Crippen molar-refractivity contribution in [3.8, 4) is 0 Å². The maximum atomic E-state index is 13.2. The van der Waals surface area contributed by atoms with E-state index in [1.807, 2.05) is 13.8 Å². The molecule has 3 aromatic carbocycles. The van der Waals surface area contributed by atoms with Gasteiger partial charge in [-0.15, -0.1) is 0 Å². The van der Waals surface area contributed by atoms with Gasteiger partial charge in [0.25, 0.3) is 20.2 Å². The van der Waals surface area contributed by atoms with Crippen LogP contribution in [0.4, 0.5) is 0 Å². The van der Waals surface area contributed by atoms with Gasteiger partial charge in [-0.2, -0.15) is 25.3 Å². The molecule has 0 heterocycles. The van der Waals surface area contributed by atoms with Gasteiger partial charge in [0.1, 0.15) is 16.3 Å². The SMILES string of the molecule is Cc1ccc(S(=O)(=O)O/C(=C\C(C)(C)OS(=O)(=O)c2ccc(C)cc2)CC(C)(C)OS(=O)(=O)c2ccc(C)cc2)cc1. The molecule has 0 radical (unpaired) electrons. The average Bonchev–Trinajstić information content (AvgIpc) is 2.82. The highest BCUT2D eigenvalue weighted by Gasteiger charge is 2.34. The molecule has 0 saturated carbocycles. The van der Waals surface area contributed by atoms with Crippen molar-refractivity contribution < 1.29 is 37.8 Å². The van der Waals surface area contributed by atoms with Crippen molar-refractivity contribution in [2.45, 2.75) is 80.8 Å². The van der Waals surface area contributed by atoms with Crippen LogP contribution in [0, 0.1) is 20.8 Å². The average molecular weight is 637 g/mol. The smallest absolute Gasteiger partial charge is 0.338 e. The predicted octanol–water partition coefficient (Wildman–Crippen LogP) is 5.96. The Morgan fingerprint density at radius 3 is 1.29 bits per heavy atom. The highest BCUT2D eigenvalue weighted by Crippen LogP contribution is 2.32. The van der Waals surface area contributed by atoms with Crippen LogP contribution in [0.3, 0.4) is 0 Å². The van der Waals surface area contributed by atoms with E-state index in [1.54, 1.807) is 43.3 Å². The van der Waals surface area contributed by atoms with Crippen molar-refractivity contribution in [3.63, 3.8) is 0 Å². The minimum Gasteiger partial charge on any atom is -0.384 e. The summed E-state index contributed by atoms with van der Waals surface area (Å²) in [7, 11) is -12.9. The van der Waals surface area contributed by atoms with Crippen LogP contribution < -0.4 is 0 Å². The third-order valence-electron chi connectivity index (χ3n) is 5.91. The molecular formula is C30H36O9S3. The van der Waals surface area contributed by atoms with Crippen molar-refractivity contribution in [3.05, 3.63) is 101 Å². The summed E-state index contributed by atoms with van der Waals surface area (Å²) >= 11 is 0. The van der Waals surface area contributed by atoms with Crippen LogP contribution in [0.1, 0.15) is 50.8 Å². The zero-order valence-electron chi connectivity index (χ0n) is 24.6. The molecule has 0 atom stereocenters. The Kier molecular flexibility index (Phi) is 9.80. The van der Waals surface area contributed by atoms with E-state index in [4.69, 9.17) is 12.5 Å². The molecule has 0 spiro atoms. The van der Waals surface area contributed by atoms with Crippen LogP contribution in [-0.4, -0.2) is 36.5 Å². The normalized spacial score (nSPS) is 13.6. The monoisotopic (exact) mass is 636 g/mol. The summed E-state index contributed by atoms with van der Waals surface area (Å²) < 4.78 is 95.0. The lowest BCUT2D eigenvalue weighted by atomic mass is 10.0. The van der Waals surface area contributed by atoms with Gasteiger partial charge in [-0.25, -0.2) is 0 Å². The molecule has 0 N–H and O–H groups in total. The first-order valence-corrected chi connectivity index (χ1v) is 17.2. The van der Waals surface area contributed by atoms with Crippen molar-refractivity contribution in [2.75, 3.05) is 0 Å². The van der Waals surface area contributed by atoms with E-state index in [9.17, 15) is 25.3 Å². The summed E-state index contributed by atoms with van der Waals surface area (Å²) in [4.78, 5) is -0.305. The van der Waals surface area contributed by atoms with E-state index in [1.165, 1.54) is 70.2 Å². The van der Waals surface area contributed by atoms with E-state index in [2.05, 4.69) is 0 Å². The molecule has 0 amide bonds. The van der Waals surface area contributed by atoms with Crippen LogP contribution in [0.2, 0.25) is 0 Å². The van der Waals surface area contributed by atoms with Crippen LogP contribution in [0.15, 0.2) is 99.3 Å². The third kappa shape index (κ3) is 9.23. The first kappa shape index (κ1) is 33.5. The number of hydrogen-bond acceptors (Lipinski definition) is 9. The summed E-state index contributed by atoms with van der Waals surface area (Å²) in [6.45, 7) is 11.1. The van der Waals surface area contributed by atoms with Gasteiger partial charge in [-0.3, -0.25) is 8.37 Å². The van der Waals surface area contributed by atoms with Crippen LogP contribution >= 0.6 is 0 Å². The second kappa shape index (κ2) is 12.3. The molecule has 0 unspecified atom stereocenters. The molecule has 3 rings (SSSR count). The minimum absolute atomic E-state index is 0.0762. The van der Waals surface area contributed by atoms with Crippen molar-refractivity contribution >= 4 is 30.4 Å². The summed E-state index contributed by atoms with van der Waals surface area (Å²) in [6.07, 6.45) is 0.814. The van der Waals surface area contributed by atoms with E-state index >= 15 is 0 Å². The molecule has 0 aromatic heterocycles. The molecule has 0 aliphatic rings. The number of rotatable bonds is 12. The standard InChI is InChI=1S/C30H36O9S3/c1-22-8-14-26(15-9-22)40(31,32)37-25(20-29(4,5)38-41(33,34)27-16-10-23(2)11-17-27)21-30(6,7)39-42(35,36)28-18-12-24(3)13-19-28/h8-20H,21H2,1-7H3/b25-20-. The number of aryl methyl sites for hydroxylation is 3. The van der Waals surface area contributed by atoms with E-state index in [0.717, 1.165) is 16.7 Å². The van der Waals surface area contributed by atoms with E-state index < -0.39 is 41.6 Å². The third-order valence-corrected chi connectivity index (χ3v) is 10.2. The largest absolute Gasteiger partial charge is 0.384 e. The first-order valence-electron chi connectivity index (χ1n) is 13.0. The molecule has 0 saturated heterocycles. The molecule has 9 nitrogen and oxygen atoms in total. The lowest BCUT2D eigenvalue weighted by Gasteiger charge is -2.28. The Hall–Kier alpha value is -3.03. The van der Waals surface area contributed by atoms with Crippen LogP contribution in [0.25, 0.3) is 0 Å². The second-order valence-corrected chi connectivity index (χ2v) is 15.8. The Bertz CT molecular complexity index is 1750. The fraction of sp³-hybridized carbons (Fsp3) is 0.333. The van der Waals surface area contributed by atoms with Crippen molar-refractivity contribution in [1.82, 2.24) is 0 Å². The zero-order chi connectivity index (χ0) is 31.6. The Morgan fingerprint density at radius 2 is 0.905 bits per heavy atom. The van der Waals surface area contributed by atoms with E-state index in [-0.39, 0.29) is 26.9 Å². The zero-order valence-corrected chi connectivity index (χ0v) is 27.1. The van der Waals surface area contributed by atoms with Gasteiger partial charge in [0, 0.05) is 6.42 Å². The molecule has 0 bridgehead atoms. The molecule has 228 valence electrons. The fourth-order valence-electron chi connectivity index (χ4n) is 3.95. The quantitative estimate of drug-likeness (QED) is 0.175. The highest BCUT2D eigenvalue weighted by atomic mass is 32.2. The molecule has 0 aliphatic carbocycles. The topological polar surface area (TPSA) is 130 Å². The highest BCUT2D eigenvalue weighted by molar-refractivity contribution is 7.87.